The highest BCUT2D eigenvalue weighted by Crippen LogP contribution is 2.41. The summed E-state index contributed by atoms with van der Waals surface area (Å²) < 4.78 is 41.2. The van der Waals surface area contributed by atoms with Gasteiger partial charge in [0.1, 0.15) is 5.75 Å². The number of halogens is 5. The van der Waals surface area contributed by atoms with Crippen LogP contribution in [0.3, 0.4) is 0 Å². The lowest BCUT2D eigenvalue weighted by molar-refractivity contribution is -0.386. The molecule has 0 saturated carbocycles. The molecule has 0 bridgehead atoms. The van der Waals surface area contributed by atoms with Crippen molar-refractivity contribution in [1.82, 2.24) is 10.2 Å². The van der Waals surface area contributed by atoms with E-state index in [4.69, 9.17) is 0 Å². The average Bonchev–Trinajstić information content (AvgIpc) is 2.64. The average molecular weight is 484 g/mol. The van der Waals surface area contributed by atoms with Crippen molar-refractivity contribution in [2.75, 3.05) is 26.2 Å². The van der Waals surface area contributed by atoms with Gasteiger partial charge in [-0.3, -0.25) is 15.0 Å². The van der Waals surface area contributed by atoms with Crippen LogP contribution in [0.4, 0.5) is 18.9 Å². The van der Waals surface area contributed by atoms with Gasteiger partial charge in [-0.25, -0.2) is 0 Å². The number of benzene rings is 2. The molecule has 3 rings (SSSR count). The number of nitrogens with zero attached hydrogens (tertiary/aromatic N) is 2. The molecule has 2 N–H and O–H groups in total. The van der Waals surface area contributed by atoms with Gasteiger partial charge in [0.05, 0.1) is 11.0 Å². The van der Waals surface area contributed by atoms with E-state index < -0.39 is 23.1 Å². The second-order valence-electron chi connectivity index (χ2n) is 6.73. The third-order valence-corrected chi connectivity index (χ3v) is 4.81. The molecule has 0 unspecified atom stereocenters. The lowest BCUT2D eigenvalue weighted by Gasteiger charge is -2.35. The Morgan fingerprint density at radius 1 is 1.13 bits per heavy atom. The van der Waals surface area contributed by atoms with Crippen LogP contribution in [0.2, 0.25) is 0 Å². The molecule has 1 fully saturated rings. The van der Waals surface area contributed by atoms with Gasteiger partial charge in [0, 0.05) is 37.3 Å². The summed E-state index contributed by atoms with van der Waals surface area (Å²) in [5.41, 5.74) is 0.868. The van der Waals surface area contributed by atoms with E-state index >= 15 is 0 Å². The fourth-order valence-electron chi connectivity index (χ4n) is 3.53. The quantitative estimate of drug-likeness (QED) is 0.485. The van der Waals surface area contributed by atoms with E-state index in [0.717, 1.165) is 0 Å². The minimum atomic E-state index is -4.80. The number of nitro groups is 1. The summed E-state index contributed by atoms with van der Waals surface area (Å²) in [7, 11) is 0. The number of phenolic OH excluding ortho intramolecular Hbond substituents is 1. The Kier molecular flexibility index (Phi) is 9.37. The van der Waals surface area contributed by atoms with Gasteiger partial charge < -0.3 is 15.2 Å². The molecule has 1 saturated heterocycles. The van der Waals surface area contributed by atoms with E-state index in [1.807, 2.05) is 4.90 Å². The highest BCUT2D eigenvalue weighted by atomic mass is 35.5. The fraction of sp³-hybridized carbons (Fsp3) is 0.368. The van der Waals surface area contributed by atoms with Gasteiger partial charge in [0.25, 0.3) is 0 Å². The normalized spacial score (nSPS) is 15.4. The first-order chi connectivity index (χ1) is 13.7. The summed E-state index contributed by atoms with van der Waals surface area (Å²) >= 11 is 0. The second kappa shape index (κ2) is 10.9. The summed E-state index contributed by atoms with van der Waals surface area (Å²) in [5.74, 6) is -0.798. The first-order valence-electron chi connectivity index (χ1n) is 8.94. The third kappa shape index (κ3) is 6.36. The van der Waals surface area contributed by atoms with E-state index in [-0.39, 0.29) is 36.3 Å². The first-order valence-corrected chi connectivity index (χ1v) is 8.94. The second-order valence-corrected chi connectivity index (χ2v) is 6.73. The van der Waals surface area contributed by atoms with Gasteiger partial charge in [-0.1, -0.05) is 24.3 Å². The number of phenols is 1. The van der Waals surface area contributed by atoms with Crippen LogP contribution in [-0.2, 0) is 0 Å². The summed E-state index contributed by atoms with van der Waals surface area (Å²) in [5, 5.41) is 25.3. The summed E-state index contributed by atoms with van der Waals surface area (Å²) in [6.45, 7) is 4.10. The van der Waals surface area contributed by atoms with Gasteiger partial charge in [-0.15, -0.1) is 38.0 Å². The molecule has 0 spiro atoms. The Morgan fingerprint density at radius 2 is 1.71 bits per heavy atom. The molecule has 1 heterocycles. The van der Waals surface area contributed by atoms with Gasteiger partial charge >= 0.3 is 12.0 Å². The Morgan fingerprint density at radius 3 is 2.23 bits per heavy atom. The van der Waals surface area contributed by atoms with Crippen LogP contribution < -0.4 is 10.1 Å². The monoisotopic (exact) mass is 483 g/mol. The maximum absolute atomic E-state index is 12.4. The van der Waals surface area contributed by atoms with Crippen LogP contribution in [0.5, 0.6) is 11.5 Å². The number of hydrogen-bond acceptors (Lipinski definition) is 6. The number of piperazine rings is 1. The fourth-order valence-corrected chi connectivity index (χ4v) is 3.53. The van der Waals surface area contributed by atoms with Crippen LogP contribution in [-0.4, -0.2) is 47.5 Å². The van der Waals surface area contributed by atoms with Crippen molar-refractivity contribution < 1.29 is 27.9 Å². The van der Waals surface area contributed by atoms with Crippen LogP contribution in [0.1, 0.15) is 22.7 Å². The van der Waals surface area contributed by atoms with Crippen LogP contribution in [0, 0.1) is 17.0 Å². The van der Waals surface area contributed by atoms with Crippen LogP contribution >= 0.6 is 24.8 Å². The van der Waals surface area contributed by atoms with Crippen molar-refractivity contribution in [3.8, 4) is 11.5 Å². The topological polar surface area (TPSA) is 87.9 Å². The molecule has 12 heteroatoms. The van der Waals surface area contributed by atoms with Gasteiger partial charge in [-0.2, -0.15) is 0 Å². The molecule has 172 valence electrons. The van der Waals surface area contributed by atoms with Gasteiger partial charge in [0.15, 0.2) is 5.75 Å². The van der Waals surface area contributed by atoms with E-state index in [9.17, 15) is 28.4 Å². The molecule has 0 radical (unpaired) electrons. The maximum Gasteiger partial charge on any atom is 0.573 e. The Hall–Kier alpha value is -2.27. The molecular weight excluding hydrogens is 462 g/mol. The van der Waals surface area contributed by atoms with Crippen molar-refractivity contribution >= 4 is 30.5 Å². The Bertz CT molecular complexity index is 892. The molecule has 0 aromatic heterocycles. The molecular formula is C19H22Cl2F3N3O4. The predicted molar refractivity (Wildman–Crippen MR) is 113 cm³/mol. The highest BCUT2D eigenvalue weighted by Gasteiger charge is 2.33. The zero-order chi connectivity index (χ0) is 21.2. The number of aromatic hydroxyl groups is 1. The van der Waals surface area contributed by atoms with Gasteiger partial charge in [-0.05, 0) is 24.6 Å². The lowest BCUT2D eigenvalue weighted by Crippen LogP contribution is -2.45. The first kappa shape index (κ1) is 26.8. The molecule has 1 aliphatic rings. The van der Waals surface area contributed by atoms with Crippen molar-refractivity contribution in [3.05, 3.63) is 63.2 Å². The number of aryl methyl sites for hydroxylation is 1. The lowest BCUT2D eigenvalue weighted by atomic mass is 9.94. The van der Waals surface area contributed by atoms with E-state index in [2.05, 4.69) is 10.1 Å². The maximum atomic E-state index is 12.4. The smallest absolute Gasteiger partial charge is 0.502 e. The molecule has 31 heavy (non-hydrogen) atoms. The number of ether oxygens (including phenoxy) is 1. The molecule has 7 nitrogen and oxygen atoms in total. The van der Waals surface area contributed by atoms with Crippen LogP contribution in [0.15, 0.2) is 36.4 Å². The minimum Gasteiger partial charge on any atom is -0.502 e. The van der Waals surface area contributed by atoms with Crippen LogP contribution in [0.25, 0.3) is 0 Å². The standard InChI is InChI=1S/C19H20F3N3O4.2ClH/c1-12-2-7-15(18(26)16(12)25(27)28)17(24-10-8-23-9-11-24)13-3-5-14(6-4-13)29-19(20,21)22;;/h2-7,17,23,26H,8-11H2,1H3;2*1H/t17-;;/m1../s1. The Labute approximate surface area is 189 Å². The van der Waals surface area contributed by atoms with Crippen molar-refractivity contribution in [3.63, 3.8) is 0 Å². The largest absolute Gasteiger partial charge is 0.573 e. The van der Waals surface area contributed by atoms with Crippen molar-refractivity contribution in [1.29, 1.82) is 0 Å². The molecule has 1 aliphatic heterocycles. The number of hydrogen-bond donors (Lipinski definition) is 2. The predicted octanol–water partition coefficient (Wildman–Crippen LogP) is 4.35. The van der Waals surface area contributed by atoms with E-state index in [1.165, 1.54) is 31.2 Å². The van der Waals surface area contributed by atoms with Crippen molar-refractivity contribution in [2.24, 2.45) is 0 Å². The van der Waals surface area contributed by atoms with Crippen molar-refractivity contribution in [2.45, 2.75) is 19.3 Å². The highest BCUT2D eigenvalue weighted by molar-refractivity contribution is 5.85. The van der Waals surface area contributed by atoms with Gasteiger partial charge in [0.2, 0.25) is 0 Å². The third-order valence-electron chi connectivity index (χ3n) is 4.81. The zero-order valence-electron chi connectivity index (χ0n) is 16.4. The molecule has 2 aromatic rings. The number of nitro benzene ring substituents is 1. The number of nitrogens with one attached hydrogen (secondary N) is 1. The Balaban J connectivity index is 0.00000240. The molecule has 1 atom stereocenters. The summed E-state index contributed by atoms with van der Waals surface area (Å²) in [4.78, 5) is 12.8. The van der Waals surface area contributed by atoms with E-state index in [0.29, 0.717) is 42.9 Å². The molecule has 2 aromatic carbocycles. The number of alkyl halides is 3. The summed E-state index contributed by atoms with van der Waals surface area (Å²) in [6, 6.07) is 7.94. The minimum absolute atomic E-state index is 0. The molecule has 0 aliphatic carbocycles. The molecule has 0 amide bonds. The number of rotatable bonds is 5. The SMILES string of the molecule is Cc1ccc([C@@H](c2ccc(OC(F)(F)F)cc2)N2CCNCC2)c(O)c1[N+](=O)[O-].Cl.Cl. The van der Waals surface area contributed by atoms with E-state index in [1.54, 1.807) is 12.1 Å². The summed E-state index contributed by atoms with van der Waals surface area (Å²) in [6.07, 6.45) is -4.80. The zero-order valence-corrected chi connectivity index (χ0v) is 18.0.